The van der Waals surface area contributed by atoms with Crippen molar-refractivity contribution in [1.82, 2.24) is 9.96 Å². The van der Waals surface area contributed by atoms with Gasteiger partial charge in [-0.15, -0.1) is 5.06 Å². The Morgan fingerprint density at radius 2 is 1.80 bits per heavy atom. The maximum Gasteiger partial charge on any atom is 0.428 e. The van der Waals surface area contributed by atoms with E-state index in [1.807, 2.05) is 6.07 Å². The molecule has 0 spiro atoms. The molecule has 1 saturated heterocycles. The largest absolute Gasteiger partial charge is 0.428 e. The first-order chi connectivity index (χ1) is 9.83. The molecule has 0 radical (unpaired) electrons. The third-order valence-electron chi connectivity index (χ3n) is 3.89. The highest BCUT2D eigenvalue weighted by molar-refractivity contribution is 5.68. The van der Waals surface area contributed by atoms with Crippen LogP contribution in [0, 0.1) is 0 Å². The third-order valence-corrected chi connectivity index (χ3v) is 3.89. The van der Waals surface area contributed by atoms with Crippen molar-refractivity contribution in [2.24, 2.45) is 0 Å². The monoisotopic (exact) mass is 272 g/mol. The Hall–Kier alpha value is -1.81. The van der Waals surface area contributed by atoms with Crippen LogP contribution in [0.3, 0.4) is 0 Å². The van der Waals surface area contributed by atoms with Crippen molar-refractivity contribution < 1.29 is 9.63 Å². The number of amides is 1. The zero-order chi connectivity index (χ0) is 13.8. The van der Waals surface area contributed by atoms with Gasteiger partial charge < -0.3 is 9.74 Å². The van der Waals surface area contributed by atoms with Gasteiger partial charge in [0.25, 0.3) is 0 Å². The third kappa shape index (κ3) is 3.02. The first-order valence-electron chi connectivity index (χ1n) is 7.29. The number of carbonyl (C=O) groups excluding carboxylic acids is 1. The van der Waals surface area contributed by atoms with E-state index in [0.717, 1.165) is 38.9 Å². The average Bonchev–Trinajstić information content (AvgIpc) is 3.03. The Kier molecular flexibility index (Phi) is 4.02. The zero-order valence-electron chi connectivity index (χ0n) is 11.6. The fourth-order valence-electron chi connectivity index (χ4n) is 2.72. The summed E-state index contributed by atoms with van der Waals surface area (Å²) in [7, 11) is 0. The molecule has 0 N–H and O–H groups in total. The molecule has 1 fully saturated rings. The van der Waals surface area contributed by atoms with Crippen molar-refractivity contribution in [1.29, 1.82) is 0 Å². The van der Waals surface area contributed by atoms with Crippen molar-refractivity contribution in [3.05, 3.63) is 42.0 Å². The molecule has 0 aliphatic carbocycles. The molecule has 0 unspecified atom stereocenters. The Bertz CT molecular complexity index is 492. The van der Waals surface area contributed by atoms with E-state index >= 15 is 0 Å². The molecule has 0 saturated carbocycles. The molecule has 2 aliphatic heterocycles. The first kappa shape index (κ1) is 13.2. The summed E-state index contributed by atoms with van der Waals surface area (Å²) in [6.07, 6.45) is 5.05. The van der Waals surface area contributed by atoms with E-state index in [1.54, 1.807) is 9.96 Å². The lowest BCUT2D eigenvalue weighted by Crippen LogP contribution is -2.37. The maximum atomic E-state index is 11.9. The second-order valence-corrected chi connectivity index (χ2v) is 5.28. The number of hydroxylamine groups is 2. The van der Waals surface area contributed by atoms with Gasteiger partial charge in [-0.1, -0.05) is 36.4 Å². The maximum absolute atomic E-state index is 11.9. The normalized spacial score (nSPS) is 19.8. The standard InChI is InChI=1S/C16H20N2O2/c19-16(17-10-4-5-11-17)20-18-12-8-15(9-13-18)14-6-2-1-3-7-14/h1-3,6-8H,4-5,9-13H2. The molecule has 1 aromatic rings. The number of rotatable bonds is 2. The van der Waals surface area contributed by atoms with E-state index in [-0.39, 0.29) is 6.09 Å². The van der Waals surface area contributed by atoms with Crippen LogP contribution in [0.4, 0.5) is 4.79 Å². The van der Waals surface area contributed by atoms with E-state index in [2.05, 4.69) is 30.3 Å². The van der Waals surface area contributed by atoms with Crippen LogP contribution in [0.2, 0.25) is 0 Å². The topological polar surface area (TPSA) is 32.8 Å². The smallest absolute Gasteiger partial charge is 0.351 e. The molecule has 4 nitrogen and oxygen atoms in total. The molecule has 0 atom stereocenters. The lowest BCUT2D eigenvalue weighted by molar-refractivity contribution is -0.103. The minimum atomic E-state index is -0.195. The first-order valence-corrected chi connectivity index (χ1v) is 7.29. The van der Waals surface area contributed by atoms with Gasteiger partial charge in [0.15, 0.2) is 0 Å². The van der Waals surface area contributed by atoms with Crippen molar-refractivity contribution >= 4 is 11.7 Å². The molecule has 2 aliphatic rings. The summed E-state index contributed by atoms with van der Waals surface area (Å²) in [4.78, 5) is 19.1. The predicted octanol–water partition coefficient (Wildman–Crippen LogP) is 2.92. The van der Waals surface area contributed by atoms with Crippen LogP contribution in [0.1, 0.15) is 24.8 Å². The number of benzene rings is 1. The highest BCUT2D eigenvalue weighted by Crippen LogP contribution is 2.22. The number of likely N-dealkylation sites (tertiary alicyclic amines) is 1. The van der Waals surface area contributed by atoms with E-state index < -0.39 is 0 Å². The number of hydrogen-bond acceptors (Lipinski definition) is 3. The Morgan fingerprint density at radius 3 is 2.45 bits per heavy atom. The Balaban J connectivity index is 1.55. The molecule has 4 heteroatoms. The van der Waals surface area contributed by atoms with Crippen LogP contribution >= 0.6 is 0 Å². The SMILES string of the molecule is O=C(ON1CC=C(c2ccccc2)CC1)N1CCCC1. The highest BCUT2D eigenvalue weighted by Gasteiger charge is 2.23. The van der Waals surface area contributed by atoms with E-state index in [1.165, 1.54) is 11.1 Å². The number of carbonyl (C=O) groups is 1. The minimum Gasteiger partial charge on any atom is -0.351 e. The van der Waals surface area contributed by atoms with Gasteiger partial charge in [0.1, 0.15) is 0 Å². The fraction of sp³-hybridized carbons (Fsp3) is 0.438. The summed E-state index contributed by atoms with van der Waals surface area (Å²) >= 11 is 0. The van der Waals surface area contributed by atoms with Gasteiger partial charge in [0.2, 0.25) is 0 Å². The Morgan fingerprint density at radius 1 is 1.05 bits per heavy atom. The molecule has 1 aromatic carbocycles. The molecule has 20 heavy (non-hydrogen) atoms. The van der Waals surface area contributed by atoms with Gasteiger partial charge in [-0.25, -0.2) is 4.79 Å². The van der Waals surface area contributed by atoms with Crippen LogP contribution in [0.15, 0.2) is 36.4 Å². The Labute approximate surface area is 119 Å². The zero-order valence-corrected chi connectivity index (χ0v) is 11.6. The molecular weight excluding hydrogens is 252 g/mol. The summed E-state index contributed by atoms with van der Waals surface area (Å²) in [5.74, 6) is 0. The van der Waals surface area contributed by atoms with Crippen molar-refractivity contribution in [3.8, 4) is 0 Å². The quantitative estimate of drug-likeness (QED) is 0.830. The molecule has 2 heterocycles. The predicted molar refractivity (Wildman–Crippen MR) is 77.9 cm³/mol. The van der Waals surface area contributed by atoms with Gasteiger partial charge in [-0.3, -0.25) is 0 Å². The lowest BCUT2D eigenvalue weighted by Gasteiger charge is -2.27. The van der Waals surface area contributed by atoms with Crippen LogP contribution < -0.4 is 0 Å². The molecule has 106 valence electrons. The molecular formula is C16H20N2O2. The summed E-state index contributed by atoms with van der Waals surface area (Å²) < 4.78 is 0. The van der Waals surface area contributed by atoms with Crippen LogP contribution in [0.25, 0.3) is 5.57 Å². The van der Waals surface area contributed by atoms with Crippen LogP contribution in [0.5, 0.6) is 0 Å². The summed E-state index contributed by atoms with van der Waals surface area (Å²) in [5.41, 5.74) is 2.59. The second kappa shape index (κ2) is 6.09. The van der Waals surface area contributed by atoms with E-state index in [9.17, 15) is 4.79 Å². The van der Waals surface area contributed by atoms with Gasteiger partial charge in [-0.05, 0) is 30.4 Å². The van der Waals surface area contributed by atoms with Crippen LogP contribution in [-0.2, 0) is 4.84 Å². The van der Waals surface area contributed by atoms with Crippen LogP contribution in [-0.4, -0.2) is 42.2 Å². The number of nitrogens with zero attached hydrogens (tertiary/aromatic N) is 2. The summed E-state index contributed by atoms with van der Waals surface area (Å²) in [6.45, 7) is 3.10. The number of hydrogen-bond donors (Lipinski definition) is 0. The van der Waals surface area contributed by atoms with Crippen molar-refractivity contribution in [3.63, 3.8) is 0 Å². The highest BCUT2D eigenvalue weighted by atomic mass is 16.7. The van der Waals surface area contributed by atoms with Gasteiger partial charge in [0, 0.05) is 19.6 Å². The van der Waals surface area contributed by atoms with Gasteiger partial charge >= 0.3 is 6.09 Å². The van der Waals surface area contributed by atoms with Gasteiger partial charge in [0.05, 0.1) is 6.54 Å². The summed E-state index contributed by atoms with van der Waals surface area (Å²) in [5, 5.41) is 1.76. The fourth-order valence-corrected chi connectivity index (χ4v) is 2.72. The lowest BCUT2D eigenvalue weighted by atomic mass is 10.0. The molecule has 3 rings (SSSR count). The van der Waals surface area contributed by atoms with E-state index in [0.29, 0.717) is 6.54 Å². The van der Waals surface area contributed by atoms with Gasteiger partial charge in [-0.2, -0.15) is 0 Å². The molecule has 0 bridgehead atoms. The summed E-state index contributed by atoms with van der Waals surface area (Å²) in [6, 6.07) is 10.4. The van der Waals surface area contributed by atoms with E-state index in [4.69, 9.17) is 4.84 Å². The average molecular weight is 272 g/mol. The molecule has 0 aromatic heterocycles. The second-order valence-electron chi connectivity index (χ2n) is 5.28. The van der Waals surface area contributed by atoms with Crippen molar-refractivity contribution in [2.75, 3.05) is 26.2 Å². The van der Waals surface area contributed by atoms with Crippen molar-refractivity contribution in [2.45, 2.75) is 19.3 Å². The minimum absolute atomic E-state index is 0.195. The molecule has 1 amide bonds.